The lowest BCUT2D eigenvalue weighted by Gasteiger charge is -2.18. The van der Waals surface area contributed by atoms with E-state index in [0.717, 1.165) is 21.9 Å². The Labute approximate surface area is 187 Å². The maximum atomic E-state index is 13.3. The van der Waals surface area contributed by atoms with Crippen molar-refractivity contribution in [1.29, 1.82) is 0 Å². The van der Waals surface area contributed by atoms with Crippen molar-refractivity contribution >= 4 is 29.0 Å². The first-order chi connectivity index (χ1) is 15.1. The summed E-state index contributed by atoms with van der Waals surface area (Å²) in [6.07, 6.45) is 1.60. The third-order valence-electron chi connectivity index (χ3n) is 4.52. The third kappa shape index (κ3) is 5.12. The number of halogens is 1. The van der Waals surface area contributed by atoms with Gasteiger partial charge >= 0.3 is 0 Å². The van der Waals surface area contributed by atoms with Gasteiger partial charge in [-0.25, -0.2) is 4.39 Å². The normalized spacial score (nSPS) is 11.8. The van der Waals surface area contributed by atoms with Gasteiger partial charge in [-0.15, -0.1) is 21.5 Å². The van der Waals surface area contributed by atoms with Gasteiger partial charge in [-0.1, -0.05) is 36.0 Å². The van der Waals surface area contributed by atoms with Gasteiger partial charge in [0.25, 0.3) is 0 Å². The number of hydrogen-bond donors (Lipinski definition) is 1. The van der Waals surface area contributed by atoms with Crippen LogP contribution in [0.15, 0.2) is 77.5 Å². The molecule has 4 aromatic rings. The number of rotatable bonds is 8. The van der Waals surface area contributed by atoms with Crippen molar-refractivity contribution in [3.63, 3.8) is 0 Å². The molecule has 0 aliphatic rings. The molecule has 1 N–H and O–H groups in total. The molecule has 4 rings (SSSR count). The van der Waals surface area contributed by atoms with Crippen molar-refractivity contribution in [1.82, 2.24) is 20.1 Å². The maximum absolute atomic E-state index is 13.3. The van der Waals surface area contributed by atoms with E-state index in [2.05, 4.69) is 15.5 Å². The van der Waals surface area contributed by atoms with Crippen LogP contribution >= 0.6 is 23.1 Å². The fourth-order valence-electron chi connectivity index (χ4n) is 3.02. The molecule has 0 aliphatic heterocycles. The van der Waals surface area contributed by atoms with Crippen LogP contribution in [0.5, 0.6) is 5.75 Å². The summed E-state index contributed by atoms with van der Waals surface area (Å²) in [5.41, 5.74) is 1.66. The van der Waals surface area contributed by atoms with E-state index in [0.29, 0.717) is 5.16 Å². The fourth-order valence-corrected chi connectivity index (χ4v) is 4.57. The minimum atomic E-state index is -0.343. The molecule has 1 atom stereocenters. The van der Waals surface area contributed by atoms with E-state index in [4.69, 9.17) is 4.74 Å². The summed E-state index contributed by atoms with van der Waals surface area (Å²) in [5, 5.41) is 13.7. The summed E-state index contributed by atoms with van der Waals surface area (Å²) in [5.74, 6) is 0.407. The highest BCUT2D eigenvalue weighted by Crippen LogP contribution is 2.27. The molecule has 31 heavy (non-hydrogen) atoms. The zero-order chi connectivity index (χ0) is 21.6. The zero-order valence-electron chi connectivity index (χ0n) is 16.6. The Kier molecular flexibility index (Phi) is 6.63. The lowest BCUT2D eigenvalue weighted by molar-refractivity contribution is -0.119. The van der Waals surface area contributed by atoms with Crippen LogP contribution in [0.1, 0.15) is 16.5 Å². The van der Waals surface area contributed by atoms with Gasteiger partial charge in [-0.05, 0) is 41.3 Å². The minimum Gasteiger partial charge on any atom is -0.497 e. The highest BCUT2D eigenvalue weighted by molar-refractivity contribution is 7.99. The van der Waals surface area contributed by atoms with Gasteiger partial charge in [-0.2, -0.15) is 0 Å². The van der Waals surface area contributed by atoms with Crippen LogP contribution in [0.3, 0.4) is 0 Å². The first kappa shape index (κ1) is 21.1. The summed E-state index contributed by atoms with van der Waals surface area (Å²) < 4.78 is 20.4. The Bertz CT molecular complexity index is 1150. The molecule has 0 fully saturated rings. The molecule has 1 amide bonds. The highest BCUT2D eigenvalue weighted by Gasteiger charge is 2.19. The van der Waals surface area contributed by atoms with Gasteiger partial charge < -0.3 is 10.1 Å². The van der Waals surface area contributed by atoms with Crippen LogP contribution in [-0.4, -0.2) is 33.5 Å². The smallest absolute Gasteiger partial charge is 0.231 e. The number of aromatic nitrogens is 3. The predicted molar refractivity (Wildman–Crippen MR) is 119 cm³/mol. The first-order valence-electron chi connectivity index (χ1n) is 9.39. The van der Waals surface area contributed by atoms with E-state index >= 15 is 0 Å². The SMILES string of the molecule is COc1cccc(-n2cnnc2SCC(=O)N[C@@H](c2ccc(F)cc2)c2cccs2)c1. The number of benzene rings is 2. The number of amides is 1. The van der Waals surface area contributed by atoms with E-state index in [1.54, 1.807) is 30.1 Å². The molecule has 9 heteroatoms. The molecule has 2 aromatic carbocycles. The number of carbonyl (C=O) groups is 1. The van der Waals surface area contributed by atoms with Crippen LogP contribution in [0.25, 0.3) is 5.69 Å². The molecule has 6 nitrogen and oxygen atoms in total. The summed E-state index contributed by atoms with van der Waals surface area (Å²) in [6, 6.07) is 17.2. The topological polar surface area (TPSA) is 69.0 Å². The molecule has 2 aromatic heterocycles. The average Bonchev–Trinajstić information content (AvgIpc) is 3.49. The summed E-state index contributed by atoms with van der Waals surface area (Å²) in [4.78, 5) is 13.7. The van der Waals surface area contributed by atoms with Gasteiger partial charge in [0.2, 0.25) is 5.91 Å². The number of hydrogen-bond acceptors (Lipinski definition) is 6. The molecular weight excluding hydrogens is 435 g/mol. The zero-order valence-corrected chi connectivity index (χ0v) is 18.2. The predicted octanol–water partition coefficient (Wildman–Crippen LogP) is 4.47. The summed E-state index contributed by atoms with van der Waals surface area (Å²) in [6.45, 7) is 0. The molecule has 0 saturated carbocycles. The lowest BCUT2D eigenvalue weighted by atomic mass is 10.1. The summed E-state index contributed by atoms with van der Waals surface area (Å²) in [7, 11) is 1.61. The number of thiophene rings is 1. The lowest BCUT2D eigenvalue weighted by Crippen LogP contribution is -2.30. The van der Waals surface area contributed by atoms with E-state index < -0.39 is 0 Å². The molecule has 0 spiro atoms. The number of nitrogens with zero attached hydrogens (tertiary/aromatic N) is 3. The van der Waals surface area contributed by atoms with Crippen molar-refractivity contribution < 1.29 is 13.9 Å². The molecular formula is C22H19FN4O2S2. The van der Waals surface area contributed by atoms with Crippen molar-refractivity contribution in [3.05, 3.63) is 88.6 Å². The van der Waals surface area contributed by atoms with Gasteiger partial charge in [0, 0.05) is 10.9 Å². The monoisotopic (exact) mass is 454 g/mol. The Morgan fingerprint density at radius 1 is 1.23 bits per heavy atom. The van der Waals surface area contributed by atoms with E-state index in [1.165, 1.54) is 35.2 Å². The Morgan fingerprint density at radius 3 is 2.81 bits per heavy atom. The van der Waals surface area contributed by atoms with Crippen molar-refractivity contribution in [2.45, 2.75) is 11.2 Å². The molecule has 0 radical (unpaired) electrons. The Morgan fingerprint density at radius 2 is 2.06 bits per heavy atom. The molecule has 0 bridgehead atoms. The quantitative estimate of drug-likeness (QED) is 0.398. The number of carbonyl (C=O) groups excluding carboxylic acids is 1. The first-order valence-corrected chi connectivity index (χ1v) is 11.3. The van der Waals surface area contributed by atoms with Crippen LogP contribution in [0.4, 0.5) is 4.39 Å². The minimum absolute atomic E-state index is 0.158. The standard InChI is InChI=1S/C22H19FN4O2S2/c1-29-18-5-2-4-17(12-18)27-14-24-26-22(27)31-13-20(28)25-21(19-6-3-11-30-19)15-7-9-16(23)10-8-15/h2-12,14,21H,13H2,1H3,(H,25,28)/t21-/m0/s1. The Hall–Kier alpha value is -3.17. The fraction of sp³-hybridized carbons (Fsp3) is 0.136. The second-order valence-electron chi connectivity index (χ2n) is 6.54. The summed E-state index contributed by atoms with van der Waals surface area (Å²) >= 11 is 2.82. The average molecular weight is 455 g/mol. The number of ether oxygens (including phenoxy) is 1. The van der Waals surface area contributed by atoms with E-state index in [-0.39, 0.29) is 23.5 Å². The molecule has 2 heterocycles. The second kappa shape index (κ2) is 9.76. The van der Waals surface area contributed by atoms with Crippen molar-refractivity contribution in [3.8, 4) is 11.4 Å². The van der Waals surface area contributed by atoms with Crippen molar-refractivity contribution in [2.75, 3.05) is 12.9 Å². The number of thioether (sulfide) groups is 1. The molecule has 0 aliphatic carbocycles. The maximum Gasteiger partial charge on any atom is 0.231 e. The van der Waals surface area contributed by atoms with Crippen LogP contribution in [0.2, 0.25) is 0 Å². The molecule has 0 unspecified atom stereocenters. The van der Waals surface area contributed by atoms with Gasteiger partial charge in [0.05, 0.1) is 24.6 Å². The number of methoxy groups -OCH3 is 1. The highest BCUT2D eigenvalue weighted by atomic mass is 32.2. The van der Waals surface area contributed by atoms with Crippen molar-refractivity contribution in [2.24, 2.45) is 0 Å². The van der Waals surface area contributed by atoms with E-state index in [9.17, 15) is 9.18 Å². The molecule has 0 saturated heterocycles. The van der Waals surface area contributed by atoms with Crippen LogP contribution < -0.4 is 10.1 Å². The largest absolute Gasteiger partial charge is 0.497 e. The second-order valence-corrected chi connectivity index (χ2v) is 8.46. The van der Waals surface area contributed by atoms with Gasteiger partial charge in [0.15, 0.2) is 5.16 Å². The van der Waals surface area contributed by atoms with Crippen LogP contribution in [-0.2, 0) is 4.79 Å². The van der Waals surface area contributed by atoms with E-state index in [1.807, 2.05) is 41.8 Å². The third-order valence-corrected chi connectivity index (χ3v) is 6.40. The Balaban J connectivity index is 1.46. The van der Waals surface area contributed by atoms with Gasteiger partial charge in [-0.3, -0.25) is 9.36 Å². The molecule has 158 valence electrons. The van der Waals surface area contributed by atoms with Gasteiger partial charge in [0.1, 0.15) is 17.9 Å². The number of nitrogens with one attached hydrogen (secondary N) is 1. The van der Waals surface area contributed by atoms with Crippen LogP contribution in [0, 0.1) is 5.82 Å².